The summed E-state index contributed by atoms with van der Waals surface area (Å²) in [7, 11) is 1.84. The molecule has 6 heteroatoms. The quantitative estimate of drug-likeness (QED) is 0.120. The van der Waals surface area contributed by atoms with Gasteiger partial charge in [0, 0.05) is 56.9 Å². The number of para-hydroxylation sites is 3. The third-order valence-electron chi connectivity index (χ3n) is 8.85. The maximum atomic E-state index is 5.68. The first-order valence-corrected chi connectivity index (χ1v) is 17.3. The van der Waals surface area contributed by atoms with E-state index in [2.05, 4.69) is 125 Å². The molecule has 0 spiro atoms. The summed E-state index contributed by atoms with van der Waals surface area (Å²) in [4.78, 5) is 0. The Kier molecular flexibility index (Phi) is 11.4. The minimum atomic E-state index is -0.0406. The Hall–Kier alpha value is -5.92. The van der Waals surface area contributed by atoms with Gasteiger partial charge >= 0.3 is 0 Å². The van der Waals surface area contributed by atoms with Crippen molar-refractivity contribution in [2.24, 2.45) is 11.5 Å². The van der Waals surface area contributed by atoms with E-state index in [1.54, 1.807) is 0 Å². The lowest BCUT2D eigenvalue weighted by atomic mass is 9.98. The number of aromatic nitrogens is 1. The summed E-state index contributed by atoms with van der Waals surface area (Å²) >= 11 is 0. The van der Waals surface area contributed by atoms with Crippen LogP contribution in [-0.2, 0) is 0 Å². The van der Waals surface area contributed by atoms with Crippen molar-refractivity contribution in [1.82, 2.24) is 9.88 Å². The predicted octanol–water partition coefficient (Wildman–Crippen LogP) is 10.3. The normalized spacial score (nSPS) is 14.7. The van der Waals surface area contributed by atoms with Gasteiger partial charge in [-0.3, -0.25) is 0 Å². The molecule has 0 radical (unpaired) electrons. The summed E-state index contributed by atoms with van der Waals surface area (Å²) in [6.45, 7) is 4.08. The maximum absolute atomic E-state index is 5.68. The first-order chi connectivity index (χ1) is 24.9. The highest BCUT2D eigenvalue weighted by Gasteiger charge is 2.18. The summed E-state index contributed by atoms with van der Waals surface area (Å²) in [5.74, 6) is 0. The lowest BCUT2D eigenvalue weighted by Crippen LogP contribution is -2.24. The van der Waals surface area contributed by atoms with Crippen LogP contribution in [0.5, 0.6) is 0 Å². The van der Waals surface area contributed by atoms with E-state index in [0.717, 1.165) is 28.3 Å². The maximum Gasteiger partial charge on any atom is 0.0807 e. The second-order valence-corrected chi connectivity index (χ2v) is 12.5. The van der Waals surface area contributed by atoms with Gasteiger partial charge in [0.2, 0.25) is 0 Å². The molecule has 6 nitrogen and oxygen atoms in total. The molecule has 2 atom stereocenters. The summed E-state index contributed by atoms with van der Waals surface area (Å²) in [6.07, 6.45) is 6.06. The van der Waals surface area contributed by atoms with Gasteiger partial charge < -0.3 is 32.0 Å². The first-order valence-electron chi connectivity index (χ1n) is 17.3. The van der Waals surface area contributed by atoms with Gasteiger partial charge in [-0.25, -0.2) is 0 Å². The number of benzene rings is 6. The van der Waals surface area contributed by atoms with Crippen molar-refractivity contribution < 1.29 is 0 Å². The highest BCUT2D eigenvalue weighted by Crippen LogP contribution is 2.41. The predicted molar refractivity (Wildman–Crippen MR) is 218 cm³/mol. The molecule has 0 amide bonds. The van der Waals surface area contributed by atoms with Gasteiger partial charge in [-0.1, -0.05) is 115 Å². The molecule has 8 rings (SSSR count). The van der Waals surface area contributed by atoms with Crippen LogP contribution in [0.2, 0.25) is 0 Å². The van der Waals surface area contributed by atoms with E-state index in [4.69, 9.17) is 11.5 Å². The molecule has 0 fully saturated rings. The number of nitrogens with one attached hydrogen (secondary N) is 3. The van der Waals surface area contributed by atoms with Crippen molar-refractivity contribution >= 4 is 33.2 Å². The summed E-state index contributed by atoms with van der Waals surface area (Å²) in [5.41, 5.74) is 22.8. The fraction of sp³-hybridized carbons (Fsp3) is 0.111. The van der Waals surface area contributed by atoms with E-state index >= 15 is 0 Å². The van der Waals surface area contributed by atoms with Gasteiger partial charge in [-0.15, -0.1) is 0 Å². The highest BCUT2D eigenvalue weighted by atomic mass is 15.0. The number of allylic oxidation sites excluding steroid dienone is 3. The van der Waals surface area contributed by atoms with Gasteiger partial charge in [0.05, 0.1) is 17.2 Å². The molecule has 1 aliphatic heterocycles. The van der Waals surface area contributed by atoms with Crippen molar-refractivity contribution in [3.8, 4) is 16.8 Å². The van der Waals surface area contributed by atoms with E-state index in [1.807, 2.05) is 86.9 Å². The molecule has 1 aromatic heterocycles. The van der Waals surface area contributed by atoms with Gasteiger partial charge in [-0.05, 0) is 80.6 Å². The van der Waals surface area contributed by atoms with Crippen LogP contribution in [0.3, 0.4) is 0 Å². The summed E-state index contributed by atoms with van der Waals surface area (Å²) in [5, 5.41) is 12.6. The molecule has 0 aliphatic carbocycles. The van der Waals surface area contributed by atoms with E-state index in [-0.39, 0.29) is 12.2 Å². The minimum Gasteiger partial charge on any atom is -0.361 e. The highest BCUT2D eigenvalue weighted by molar-refractivity contribution is 6.12. The Balaban J connectivity index is 0.000000192. The zero-order chi connectivity index (χ0) is 35.6. The molecular formula is C45H46N6. The number of anilines is 2. The van der Waals surface area contributed by atoms with E-state index in [1.165, 1.54) is 38.5 Å². The van der Waals surface area contributed by atoms with Crippen molar-refractivity contribution in [3.63, 3.8) is 0 Å². The van der Waals surface area contributed by atoms with Gasteiger partial charge in [0.25, 0.3) is 0 Å². The average Bonchev–Trinajstić information content (AvgIpc) is 3.50. The van der Waals surface area contributed by atoms with Crippen molar-refractivity contribution in [2.75, 3.05) is 17.7 Å². The van der Waals surface area contributed by atoms with Crippen LogP contribution in [-0.4, -0.2) is 11.6 Å². The van der Waals surface area contributed by atoms with Gasteiger partial charge in [0.1, 0.15) is 0 Å². The number of nitrogens with zero attached hydrogens (tertiary/aromatic N) is 1. The lowest BCUT2D eigenvalue weighted by molar-refractivity contribution is 0.622. The Morgan fingerprint density at radius 1 is 0.608 bits per heavy atom. The Bertz CT molecular complexity index is 2240. The molecule has 0 saturated carbocycles. The zero-order valence-electron chi connectivity index (χ0n) is 29.4. The van der Waals surface area contributed by atoms with Crippen LogP contribution in [0.25, 0.3) is 38.6 Å². The second-order valence-electron chi connectivity index (χ2n) is 12.5. The fourth-order valence-electron chi connectivity index (χ4n) is 6.21. The number of rotatable bonds is 4. The van der Waals surface area contributed by atoms with Crippen LogP contribution >= 0.6 is 0 Å². The largest absolute Gasteiger partial charge is 0.361 e. The molecule has 2 heterocycles. The molecule has 0 bridgehead atoms. The molecule has 1 aliphatic rings. The summed E-state index contributed by atoms with van der Waals surface area (Å²) in [6, 6.07) is 52.5. The van der Waals surface area contributed by atoms with Gasteiger partial charge in [-0.2, -0.15) is 0 Å². The smallest absolute Gasteiger partial charge is 0.0807 e. The van der Waals surface area contributed by atoms with Crippen LogP contribution in [0.4, 0.5) is 11.4 Å². The van der Waals surface area contributed by atoms with Crippen LogP contribution < -0.4 is 27.4 Å². The molecule has 7 N–H and O–H groups in total. The number of hydrogen-bond acceptors (Lipinski definition) is 5. The van der Waals surface area contributed by atoms with E-state index in [9.17, 15) is 0 Å². The number of hydrogen-bond donors (Lipinski definition) is 5. The average molecular weight is 671 g/mol. The molecule has 256 valence electrons. The Labute approximate surface area is 301 Å². The van der Waals surface area contributed by atoms with Crippen molar-refractivity contribution in [1.29, 1.82) is 0 Å². The Morgan fingerprint density at radius 2 is 1.22 bits per heavy atom. The van der Waals surface area contributed by atoms with Crippen LogP contribution in [0.15, 0.2) is 176 Å². The van der Waals surface area contributed by atoms with E-state index < -0.39 is 0 Å². The molecular weight excluding hydrogens is 625 g/mol. The minimum absolute atomic E-state index is 0.0406. The SMILES string of the molecule is C/C1=C/C=C/Nc2ccccc2-c2cc3c(cc2N1)c1ccccc1n3-c1ccccc1.CC(N)c1ccccc1.CNC(N)c1ccccc1. The first kappa shape index (κ1) is 34.9. The van der Waals surface area contributed by atoms with E-state index in [0.29, 0.717) is 0 Å². The molecule has 51 heavy (non-hydrogen) atoms. The monoisotopic (exact) mass is 670 g/mol. The fourth-order valence-corrected chi connectivity index (χ4v) is 6.21. The zero-order valence-corrected chi connectivity index (χ0v) is 29.4. The number of nitrogens with two attached hydrogens (primary N) is 2. The molecule has 6 aromatic carbocycles. The topological polar surface area (TPSA) is 93.1 Å². The lowest BCUT2D eigenvalue weighted by Gasteiger charge is -2.18. The molecule has 0 saturated heterocycles. The third-order valence-corrected chi connectivity index (χ3v) is 8.85. The second kappa shape index (κ2) is 16.7. The Morgan fingerprint density at radius 3 is 1.88 bits per heavy atom. The standard InChI is InChI=1S/C29H23N3.C8H12N2.C8H11N/c1-20-10-9-17-30-26-15-7-5-13-22(26)24-19-29-25(18-27(24)31-20)23-14-6-8-16-28(23)32(29)21-11-3-2-4-12-21;1-10-8(9)7-5-3-2-4-6-7;1-7(9)8-5-3-2-4-6-8/h2-19,30-31H,1H3;2-6,8,10H,9H2,1H3;2-7H,9H2,1H3/b17-9+,20-10-;;. The van der Waals surface area contributed by atoms with Crippen molar-refractivity contribution in [3.05, 3.63) is 187 Å². The van der Waals surface area contributed by atoms with Gasteiger partial charge in [0.15, 0.2) is 0 Å². The summed E-state index contributed by atoms with van der Waals surface area (Å²) < 4.78 is 2.36. The number of fused-ring (bicyclic) bond motifs is 6. The molecule has 7 aromatic rings. The van der Waals surface area contributed by atoms with Crippen LogP contribution in [0, 0.1) is 0 Å². The van der Waals surface area contributed by atoms with Crippen LogP contribution in [0.1, 0.15) is 37.2 Å². The third kappa shape index (κ3) is 8.28. The van der Waals surface area contributed by atoms with Crippen molar-refractivity contribution in [2.45, 2.75) is 26.1 Å². The molecule has 2 unspecified atom stereocenters.